The van der Waals surface area contributed by atoms with E-state index < -0.39 is 6.10 Å². The molecule has 0 aliphatic rings. The van der Waals surface area contributed by atoms with E-state index >= 15 is 0 Å². The molecule has 0 saturated carbocycles. The predicted octanol–water partition coefficient (Wildman–Crippen LogP) is 2.03. The summed E-state index contributed by atoms with van der Waals surface area (Å²) in [7, 11) is 0. The fourth-order valence-electron chi connectivity index (χ4n) is 2.32. The van der Waals surface area contributed by atoms with E-state index in [2.05, 4.69) is 19.2 Å². The molecule has 0 bridgehead atoms. The van der Waals surface area contributed by atoms with Crippen LogP contribution in [0.5, 0.6) is 5.75 Å². The SMILES string of the molecule is CCOc1ccc(C)cc1C(O)C(NCCO)C(C)C. The van der Waals surface area contributed by atoms with Crippen LogP contribution in [0.15, 0.2) is 18.2 Å². The minimum atomic E-state index is -0.664. The molecule has 4 heteroatoms. The highest BCUT2D eigenvalue weighted by Crippen LogP contribution is 2.30. The fraction of sp³-hybridized carbons (Fsp3) is 0.625. The lowest BCUT2D eigenvalue weighted by molar-refractivity contribution is 0.0983. The van der Waals surface area contributed by atoms with Crippen LogP contribution in [-0.4, -0.2) is 36.0 Å². The van der Waals surface area contributed by atoms with Crippen LogP contribution >= 0.6 is 0 Å². The zero-order valence-corrected chi connectivity index (χ0v) is 12.9. The zero-order valence-electron chi connectivity index (χ0n) is 12.9. The van der Waals surface area contributed by atoms with E-state index in [0.29, 0.717) is 13.2 Å². The molecule has 0 saturated heterocycles. The van der Waals surface area contributed by atoms with Crippen LogP contribution in [0, 0.1) is 12.8 Å². The van der Waals surface area contributed by atoms with Crippen LogP contribution in [0.4, 0.5) is 0 Å². The third-order valence-electron chi connectivity index (χ3n) is 3.33. The molecule has 0 fully saturated rings. The standard InChI is InChI=1S/C16H27NO3/c1-5-20-14-7-6-12(4)10-13(14)16(19)15(11(2)3)17-8-9-18/h6-7,10-11,15-19H,5,8-9H2,1-4H3. The molecule has 0 heterocycles. The maximum atomic E-state index is 10.7. The monoisotopic (exact) mass is 281 g/mol. The van der Waals surface area contributed by atoms with Crippen molar-refractivity contribution in [3.8, 4) is 5.75 Å². The summed E-state index contributed by atoms with van der Waals surface area (Å²) in [6, 6.07) is 5.72. The van der Waals surface area contributed by atoms with Crippen molar-refractivity contribution in [2.45, 2.75) is 39.8 Å². The minimum Gasteiger partial charge on any atom is -0.493 e. The Bertz CT molecular complexity index is 407. The number of benzene rings is 1. The van der Waals surface area contributed by atoms with E-state index in [1.807, 2.05) is 32.0 Å². The first-order valence-electron chi connectivity index (χ1n) is 7.26. The van der Waals surface area contributed by atoms with Crippen molar-refractivity contribution in [3.05, 3.63) is 29.3 Å². The topological polar surface area (TPSA) is 61.7 Å². The Morgan fingerprint density at radius 1 is 1.30 bits per heavy atom. The lowest BCUT2D eigenvalue weighted by Crippen LogP contribution is -2.40. The summed E-state index contributed by atoms with van der Waals surface area (Å²) in [5.41, 5.74) is 1.89. The first-order chi connectivity index (χ1) is 9.51. The Balaban J connectivity index is 3.02. The predicted molar refractivity (Wildman–Crippen MR) is 81.0 cm³/mol. The Morgan fingerprint density at radius 3 is 2.55 bits per heavy atom. The van der Waals surface area contributed by atoms with E-state index in [-0.39, 0.29) is 18.6 Å². The van der Waals surface area contributed by atoms with Crippen LogP contribution < -0.4 is 10.1 Å². The van der Waals surface area contributed by atoms with Crippen molar-refractivity contribution >= 4 is 0 Å². The van der Waals surface area contributed by atoms with Gasteiger partial charge in [0.05, 0.1) is 19.3 Å². The Kier molecular flexibility index (Phi) is 6.99. The molecule has 0 spiro atoms. The van der Waals surface area contributed by atoms with E-state index in [0.717, 1.165) is 16.9 Å². The molecule has 20 heavy (non-hydrogen) atoms. The zero-order chi connectivity index (χ0) is 15.1. The fourth-order valence-corrected chi connectivity index (χ4v) is 2.32. The van der Waals surface area contributed by atoms with Crippen molar-refractivity contribution in [2.24, 2.45) is 5.92 Å². The van der Waals surface area contributed by atoms with Crippen LogP contribution in [0.3, 0.4) is 0 Å². The molecule has 114 valence electrons. The highest BCUT2D eigenvalue weighted by atomic mass is 16.5. The van der Waals surface area contributed by atoms with Crippen molar-refractivity contribution in [1.29, 1.82) is 0 Å². The summed E-state index contributed by atoms with van der Waals surface area (Å²) in [6.45, 7) is 9.12. The van der Waals surface area contributed by atoms with Gasteiger partial charge in [-0.25, -0.2) is 0 Å². The number of aliphatic hydroxyl groups is 2. The van der Waals surface area contributed by atoms with Gasteiger partial charge >= 0.3 is 0 Å². The summed E-state index contributed by atoms with van der Waals surface area (Å²) in [5, 5.41) is 22.8. The van der Waals surface area contributed by atoms with Crippen molar-refractivity contribution in [2.75, 3.05) is 19.8 Å². The Morgan fingerprint density at radius 2 is 2.00 bits per heavy atom. The molecule has 1 aromatic carbocycles. The molecule has 2 atom stereocenters. The average Bonchev–Trinajstić information content (AvgIpc) is 2.41. The third kappa shape index (κ3) is 4.47. The molecule has 3 N–H and O–H groups in total. The number of hydrogen-bond acceptors (Lipinski definition) is 4. The van der Waals surface area contributed by atoms with Gasteiger partial charge < -0.3 is 20.3 Å². The maximum absolute atomic E-state index is 10.7. The number of aryl methyl sites for hydroxylation is 1. The van der Waals surface area contributed by atoms with Gasteiger partial charge in [0.25, 0.3) is 0 Å². The van der Waals surface area contributed by atoms with Gasteiger partial charge in [-0.15, -0.1) is 0 Å². The quantitative estimate of drug-likeness (QED) is 0.682. The molecule has 0 amide bonds. The summed E-state index contributed by atoms with van der Waals surface area (Å²) in [4.78, 5) is 0. The van der Waals surface area contributed by atoms with E-state index in [1.165, 1.54) is 0 Å². The lowest BCUT2D eigenvalue weighted by atomic mass is 9.92. The largest absolute Gasteiger partial charge is 0.493 e. The second kappa shape index (κ2) is 8.25. The van der Waals surface area contributed by atoms with Gasteiger partial charge in [-0.3, -0.25) is 0 Å². The van der Waals surface area contributed by atoms with Crippen LogP contribution in [-0.2, 0) is 0 Å². The summed E-state index contributed by atoms with van der Waals surface area (Å²) in [6.07, 6.45) is -0.664. The van der Waals surface area contributed by atoms with Crippen molar-refractivity contribution in [3.63, 3.8) is 0 Å². The van der Waals surface area contributed by atoms with Gasteiger partial charge in [-0.1, -0.05) is 25.5 Å². The molecule has 4 nitrogen and oxygen atoms in total. The van der Waals surface area contributed by atoms with Gasteiger partial charge in [0, 0.05) is 18.2 Å². The lowest BCUT2D eigenvalue weighted by Gasteiger charge is -2.29. The van der Waals surface area contributed by atoms with E-state index in [4.69, 9.17) is 9.84 Å². The molecule has 0 aromatic heterocycles. The summed E-state index contributed by atoms with van der Waals surface area (Å²) in [5.74, 6) is 0.966. The molecule has 0 aliphatic carbocycles. The Labute approximate surface area is 121 Å². The molecular formula is C16H27NO3. The van der Waals surface area contributed by atoms with Crippen molar-refractivity contribution < 1.29 is 14.9 Å². The number of ether oxygens (including phenoxy) is 1. The molecular weight excluding hydrogens is 254 g/mol. The molecule has 0 radical (unpaired) electrons. The third-order valence-corrected chi connectivity index (χ3v) is 3.33. The van der Waals surface area contributed by atoms with E-state index in [1.54, 1.807) is 0 Å². The van der Waals surface area contributed by atoms with E-state index in [9.17, 15) is 5.11 Å². The summed E-state index contributed by atoms with van der Waals surface area (Å²) < 4.78 is 5.61. The molecule has 1 aromatic rings. The highest BCUT2D eigenvalue weighted by molar-refractivity contribution is 5.39. The highest BCUT2D eigenvalue weighted by Gasteiger charge is 2.26. The Hall–Kier alpha value is -1.10. The molecule has 1 rings (SSSR count). The second-order valence-corrected chi connectivity index (χ2v) is 5.37. The number of nitrogens with one attached hydrogen (secondary N) is 1. The normalized spacial score (nSPS) is 14.3. The van der Waals surface area contributed by atoms with Gasteiger partial charge in [0.2, 0.25) is 0 Å². The second-order valence-electron chi connectivity index (χ2n) is 5.37. The van der Waals surface area contributed by atoms with Gasteiger partial charge in [-0.2, -0.15) is 0 Å². The first-order valence-corrected chi connectivity index (χ1v) is 7.26. The average molecular weight is 281 g/mol. The maximum Gasteiger partial charge on any atom is 0.125 e. The van der Waals surface area contributed by atoms with Crippen molar-refractivity contribution in [1.82, 2.24) is 5.32 Å². The van der Waals surface area contributed by atoms with Gasteiger partial charge in [0.1, 0.15) is 5.75 Å². The minimum absolute atomic E-state index is 0.0576. The number of aliphatic hydroxyl groups excluding tert-OH is 2. The number of hydrogen-bond donors (Lipinski definition) is 3. The number of rotatable bonds is 8. The van der Waals surface area contributed by atoms with Crippen LogP contribution in [0.2, 0.25) is 0 Å². The molecule has 2 unspecified atom stereocenters. The first kappa shape index (κ1) is 17.0. The smallest absolute Gasteiger partial charge is 0.125 e. The van der Waals surface area contributed by atoms with Gasteiger partial charge in [0.15, 0.2) is 0 Å². The van der Waals surface area contributed by atoms with Crippen LogP contribution in [0.1, 0.15) is 38.0 Å². The summed E-state index contributed by atoms with van der Waals surface area (Å²) >= 11 is 0. The molecule has 0 aliphatic heterocycles. The van der Waals surface area contributed by atoms with Crippen LogP contribution in [0.25, 0.3) is 0 Å². The van der Waals surface area contributed by atoms with Gasteiger partial charge in [-0.05, 0) is 31.9 Å².